The van der Waals surface area contributed by atoms with Gasteiger partial charge in [0, 0.05) is 6.21 Å². The van der Waals surface area contributed by atoms with Gasteiger partial charge in [0.25, 0.3) is 5.91 Å². The molecular weight excluding hydrogens is 418 g/mol. The van der Waals surface area contributed by atoms with Gasteiger partial charge in [-0.1, -0.05) is 29.8 Å². The highest BCUT2D eigenvalue weighted by Crippen LogP contribution is 2.24. The molecule has 0 saturated carbocycles. The maximum Gasteiger partial charge on any atom is 0.335 e. The largest absolute Gasteiger partial charge is 0.335 e. The van der Waals surface area contributed by atoms with Crippen LogP contribution in [0.1, 0.15) is 11.1 Å². The number of urea groups is 1. The Labute approximate surface area is 190 Å². The third-order valence-electron chi connectivity index (χ3n) is 5.00. The van der Waals surface area contributed by atoms with Gasteiger partial charge in [0.1, 0.15) is 0 Å². The zero-order valence-electron chi connectivity index (χ0n) is 18.1. The van der Waals surface area contributed by atoms with Gasteiger partial charge in [-0.15, -0.1) is 0 Å². The van der Waals surface area contributed by atoms with Crippen LogP contribution in [0.25, 0.3) is 0 Å². The Morgan fingerprint density at radius 3 is 2.03 bits per heavy atom. The van der Waals surface area contributed by atoms with Crippen molar-refractivity contribution in [2.75, 3.05) is 4.90 Å². The molecule has 1 heterocycles. The maximum absolute atomic E-state index is 12.9. The first-order valence-electron chi connectivity index (χ1n) is 10.3. The summed E-state index contributed by atoms with van der Waals surface area (Å²) in [6.45, 7) is 3.85. The number of imide groups is 2. The number of benzene rings is 3. The average molecular weight is 439 g/mol. The number of nitrogens with one attached hydrogen (secondary N) is 1. The maximum atomic E-state index is 12.9. The summed E-state index contributed by atoms with van der Waals surface area (Å²) in [7, 11) is 0. The molecule has 1 N–H and O–H groups in total. The lowest BCUT2D eigenvalue weighted by Gasteiger charge is -2.28. The predicted octanol–water partition coefficient (Wildman–Crippen LogP) is 5.32. The Morgan fingerprint density at radius 1 is 0.788 bits per heavy atom. The van der Waals surface area contributed by atoms with Crippen LogP contribution in [0.5, 0.6) is 0 Å². The summed E-state index contributed by atoms with van der Waals surface area (Å²) in [4.78, 5) is 42.7. The topological polar surface area (TPSA) is 104 Å². The molecule has 8 heteroatoms. The Hall–Kier alpha value is -4.46. The molecule has 4 rings (SSSR count). The molecule has 0 radical (unpaired) electrons. The minimum atomic E-state index is -1.22. The van der Waals surface area contributed by atoms with E-state index in [0.717, 1.165) is 21.7 Å². The van der Waals surface area contributed by atoms with E-state index in [1.165, 1.54) is 6.21 Å². The summed E-state index contributed by atoms with van der Waals surface area (Å²) in [5.41, 5.74) is 4.34. The van der Waals surface area contributed by atoms with E-state index in [9.17, 15) is 14.4 Å². The van der Waals surface area contributed by atoms with Crippen LogP contribution in [0, 0.1) is 19.8 Å². The number of azo groups is 1. The zero-order chi connectivity index (χ0) is 23.4. The molecule has 8 nitrogen and oxygen atoms in total. The van der Waals surface area contributed by atoms with E-state index in [4.69, 9.17) is 0 Å². The molecule has 164 valence electrons. The molecule has 1 saturated heterocycles. The van der Waals surface area contributed by atoms with Gasteiger partial charge in [0.15, 0.2) is 5.92 Å². The van der Waals surface area contributed by atoms with E-state index < -0.39 is 23.8 Å². The quantitative estimate of drug-likeness (QED) is 0.330. The first-order valence-corrected chi connectivity index (χ1v) is 10.3. The normalized spacial score (nSPS) is 16.6. The fourth-order valence-corrected chi connectivity index (χ4v) is 3.23. The van der Waals surface area contributed by atoms with Gasteiger partial charge >= 0.3 is 6.03 Å². The number of carbonyl (C=O) groups is 3. The number of hydrogen-bond acceptors (Lipinski definition) is 6. The van der Waals surface area contributed by atoms with Crippen LogP contribution in [-0.4, -0.2) is 24.1 Å². The van der Waals surface area contributed by atoms with E-state index >= 15 is 0 Å². The van der Waals surface area contributed by atoms with Crippen LogP contribution in [-0.2, 0) is 9.59 Å². The Bertz CT molecular complexity index is 1260. The Kier molecular flexibility index (Phi) is 6.17. The lowest BCUT2D eigenvalue weighted by atomic mass is 10.1. The monoisotopic (exact) mass is 439 g/mol. The summed E-state index contributed by atoms with van der Waals surface area (Å²) in [5, 5.41) is 10.6. The van der Waals surface area contributed by atoms with Crippen LogP contribution in [0.4, 0.5) is 27.5 Å². The number of carbonyl (C=O) groups excluding carboxylic acids is 3. The van der Waals surface area contributed by atoms with Crippen molar-refractivity contribution in [3.63, 3.8) is 0 Å². The highest BCUT2D eigenvalue weighted by atomic mass is 16.2. The molecule has 0 bridgehead atoms. The standard InChI is InChI=1S/C25H21N5O3/c1-16-6-8-19(9-7-16)28-29-20-12-10-18(11-13-20)26-15-22-23(31)27-25(33)30(24(22)32)21-5-3-4-17(2)14-21/h3-15,22H,1-2H3,(H,27,31,33)/t22-/m1/s1. The zero-order valence-corrected chi connectivity index (χ0v) is 18.1. The van der Waals surface area contributed by atoms with Gasteiger partial charge < -0.3 is 0 Å². The third-order valence-corrected chi connectivity index (χ3v) is 5.00. The van der Waals surface area contributed by atoms with Crippen molar-refractivity contribution in [2.24, 2.45) is 21.1 Å². The highest BCUT2D eigenvalue weighted by molar-refractivity contribution is 6.32. The second-order valence-electron chi connectivity index (χ2n) is 7.61. The highest BCUT2D eigenvalue weighted by Gasteiger charge is 2.40. The van der Waals surface area contributed by atoms with Crippen LogP contribution < -0.4 is 10.2 Å². The molecule has 0 aliphatic carbocycles. The minimum absolute atomic E-state index is 0.395. The number of amides is 4. The van der Waals surface area contributed by atoms with Gasteiger partial charge in [0.05, 0.1) is 22.7 Å². The van der Waals surface area contributed by atoms with E-state index in [2.05, 4.69) is 20.5 Å². The number of aliphatic imine (C=N–C) groups is 1. The molecule has 1 aliphatic rings. The van der Waals surface area contributed by atoms with Crippen LogP contribution in [0.3, 0.4) is 0 Å². The van der Waals surface area contributed by atoms with Gasteiger partial charge in [-0.05, 0) is 67.9 Å². The van der Waals surface area contributed by atoms with Crippen LogP contribution >= 0.6 is 0 Å². The molecule has 33 heavy (non-hydrogen) atoms. The second kappa shape index (κ2) is 9.35. The van der Waals surface area contributed by atoms with Crippen LogP contribution in [0.15, 0.2) is 88.0 Å². The molecule has 0 spiro atoms. The van der Waals surface area contributed by atoms with Gasteiger partial charge in [-0.3, -0.25) is 19.9 Å². The summed E-state index contributed by atoms with van der Waals surface area (Å²) >= 11 is 0. The minimum Gasteiger partial charge on any atom is -0.276 e. The molecule has 0 unspecified atom stereocenters. The molecule has 3 aromatic rings. The fourth-order valence-electron chi connectivity index (χ4n) is 3.23. The number of rotatable bonds is 5. The van der Waals surface area contributed by atoms with Gasteiger partial charge in [-0.25, -0.2) is 9.69 Å². The van der Waals surface area contributed by atoms with E-state index in [-0.39, 0.29) is 0 Å². The number of anilines is 1. The van der Waals surface area contributed by atoms with E-state index in [1.807, 2.05) is 44.2 Å². The summed E-state index contributed by atoms with van der Waals surface area (Å²) in [6, 6.07) is 20.7. The summed E-state index contributed by atoms with van der Waals surface area (Å²) < 4.78 is 0. The first-order chi connectivity index (χ1) is 15.9. The number of aryl methyl sites for hydroxylation is 2. The van der Waals surface area contributed by atoms with Crippen molar-refractivity contribution in [1.29, 1.82) is 0 Å². The molecule has 1 aliphatic heterocycles. The van der Waals surface area contributed by atoms with E-state index in [0.29, 0.717) is 17.1 Å². The first kappa shape index (κ1) is 21.8. The number of hydrogen-bond donors (Lipinski definition) is 1. The molecule has 4 amide bonds. The fraction of sp³-hybridized carbons (Fsp3) is 0.120. The summed E-state index contributed by atoms with van der Waals surface area (Å²) in [6.07, 6.45) is 1.25. The van der Waals surface area contributed by atoms with E-state index in [1.54, 1.807) is 42.5 Å². The smallest absolute Gasteiger partial charge is 0.276 e. The van der Waals surface area contributed by atoms with Gasteiger partial charge in [0.2, 0.25) is 5.91 Å². The van der Waals surface area contributed by atoms with Crippen LogP contribution in [0.2, 0.25) is 0 Å². The lowest BCUT2D eigenvalue weighted by Crippen LogP contribution is -2.58. The van der Waals surface area contributed by atoms with Crippen molar-refractivity contribution in [3.05, 3.63) is 83.9 Å². The molecule has 3 aromatic carbocycles. The SMILES string of the molecule is Cc1ccc(N=Nc2ccc(N=C[C@@H]3C(=O)NC(=O)N(c4cccc(C)c4)C3=O)cc2)cc1. The lowest BCUT2D eigenvalue weighted by molar-refractivity contribution is -0.131. The third kappa shape index (κ3) is 5.07. The molecular formula is C25H21N5O3. The Balaban J connectivity index is 1.48. The molecule has 0 aromatic heterocycles. The van der Waals surface area contributed by atoms with Crippen molar-refractivity contribution in [2.45, 2.75) is 13.8 Å². The number of nitrogens with zero attached hydrogens (tertiary/aromatic N) is 4. The second-order valence-corrected chi connectivity index (χ2v) is 7.61. The predicted molar refractivity (Wildman–Crippen MR) is 126 cm³/mol. The number of barbiturate groups is 1. The van der Waals surface area contributed by atoms with Crippen molar-refractivity contribution < 1.29 is 14.4 Å². The van der Waals surface area contributed by atoms with Crippen molar-refractivity contribution >= 4 is 46.8 Å². The molecule has 1 atom stereocenters. The summed E-state index contributed by atoms with van der Waals surface area (Å²) in [5.74, 6) is -2.58. The van der Waals surface area contributed by atoms with Crippen molar-refractivity contribution in [3.8, 4) is 0 Å². The molecule has 1 fully saturated rings. The Morgan fingerprint density at radius 2 is 1.39 bits per heavy atom. The average Bonchev–Trinajstić information content (AvgIpc) is 2.79. The van der Waals surface area contributed by atoms with Gasteiger partial charge in [-0.2, -0.15) is 10.2 Å². The van der Waals surface area contributed by atoms with Crippen molar-refractivity contribution in [1.82, 2.24) is 5.32 Å².